The summed E-state index contributed by atoms with van der Waals surface area (Å²) in [5, 5.41) is 15.9. The topological polar surface area (TPSA) is 69.6 Å². The summed E-state index contributed by atoms with van der Waals surface area (Å²) >= 11 is 1.59. The number of carboxylic acids is 1. The van der Waals surface area contributed by atoms with Crippen LogP contribution in [0.25, 0.3) is 0 Å². The molecule has 0 spiro atoms. The van der Waals surface area contributed by atoms with Crippen LogP contribution in [0.2, 0.25) is 0 Å². The molecule has 1 aromatic rings. The Morgan fingerprint density at radius 2 is 2.37 bits per heavy atom. The van der Waals surface area contributed by atoms with Crippen LogP contribution in [0.15, 0.2) is 16.8 Å². The van der Waals surface area contributed by atoms with Gasteiger partial charge in [-0.25, -0.2) is 4.79 Å². The largest absolute Gasteiger partial charge is 0.481 e. The third kappa shape index (κ3) is 3.47. The fraction of sp³-hybridized carbons (Fsp3) is 0.538. The normalized spacial score (nSPS) is 20.9. The molecule has 1 aromatic heterocycles. The van der Waals surface area contributed by atoms with Crippen LogP contribution in [0, 0.1) is 5.92 Å². The van der Waals surface area contributed by atoms with Gasteiger partial charge in [0.05, 0.1) is 12.0 Å². The lowest BCUT2D eigenvalue weighted by molar-refractivity contribution is -0.143. The van der Waals surface area contributed by atoms with Crippen LogP contribution in [0.3, 0.4) is 0 Å². The monoisotopic (exact) mass is 282 g/mol. The molecule has 1 saturated heterocycles. The van der Waals surface area contributed by atoms with Gasteiger partial charge in [0.25, 0.3) is 0 Å². The van der Waals surface area contributed by atoms with Crippen molar-refractivity contribution in [3.8, 4) is 0 Å². The summed E-state index contributed by atoms with van der Waals surface area (Å²) in [5.41, 5.74) is 1.07. The van der Waals surface area contributed by atoms with Crippen LogP contribution < -0.4 is 5.32 Å². The number of aliphatic carboxylic acids is 1. The standard InChI is InChI=1S/C13H18N2O3S/c1-9(11-4-6-19-8-11)14-13(18)15-5-2-3-10(7-15)12(16)17/h4,6,8-10H,2-3,5,7H2,1H3,(H,14,18)(H,16,17)/t9?,10-/m0/s1. The van der Waals surface area contributed by atoms with E-state index in [1.807, 2.05) is 23.8 Å². The van der Waals surface area contributed by atoms with Crippen molar-refractivity contribution in [1.82, 2.24) is 10.2 Å². The summed E-state index contributed by atoms with van der Waals surface area (Å²) < 4.78 is 0. The highest BCUT2D eigenvalue weighted by Crippen LogP contribution is 2.19. The van der Waals surface area contributed by atoms with E-state index in [0.29, 0.717) is 19.5 Å². The lowest BCUT2D eigenvalue weighted by Gasteiger charge is -2.31. The smallest absolute Gasteiger partial charge is 0.317 e. The van der Waals surface area contributed by atoms with Gasteiger partial charge in [-0.15, -0.1) is 0 Å². The van der Waals surface area contributed by atoms with Gasteiger partial charge in [0.15, 0.2) is 0 Å². The first kappa shape index (κ1) is 13.9. The van der Waals surface area contributed by atoms with Crippen molar-refractivity contribution in [2.45, 2.75) is 25.8 Å². The quantitative estimate of drug-likeness (QED) is 0.894. The SMILES string of the molecule is CC(NC(=O)N1CCC[C@H](C(=O)O)C1)c1ccsc1. The van der Waals surface area contributed by atoms with Gasteiger partial charge in [-0.3, -0.25) is 4.79 Å². The van der Waals surface area contributed by atoms with E-state index in [2.05, 4.69) is 5.32 Å². The molecule has 104 valence electrons. The van der Waals surface area contributed by atoms with E-state index in [-0.39, 0.29) is 12.1 Å². The average Bonchev–Trinajstić information content (AvgIpc) is 2.92. The molecule has 0 radical (unpaired) electrons. The molecule has 0 aromatic carbocycles. The molecule has 2 atom stereocenters. The van der Waals surface area contributed by atoms with Gasteiger partial charge in [0.1, 0.15) is 0 Å². The molecule has 2 heterocycles. The van der Waals surface area contributed by atoms with E-state index in [1.165, 1.54) is 0 Å². The number of thiophene rings is 1. The third-order valence-electron chi connectivity index (χ3n) is 3.44. The number of hydrogen-bond acceptors (Lipinski definition) is 3. The van der Waals surface area contributed by atoms with E-state index in [4.69, 9.17) is 5.11 Å². The minimum atomic E-state index is -0.816. The van der Waals surface area contributed by atoms with E-state index in [1.54, 1.807) is 16.2 Å². The number of piperidine rings is 1. The van der Waals surface area contributed by atoms with Crippen molar-refractivity contribution in [3.05, 3.63) is 22.4 Å². The molecule has 2 rings (SSSR count). The number of amides is 2. The number of likely N-dealkylation sites (tertiary alicyclic amines) is 1. The molecule has 19 heavy (non-hydrogen) atoms. The van der Waals surface area contributed by atoms with Crippen molar-refractivity contribution in [2.24, 2.45) is 5.92 Å². The molecule has 1 aliphatic heterocycles. The van der Waals surface area contributed by atoms with Crippen molar-refractivity contribution in [1.29, 1.82) is 0 Å². The van der Waals surface area contributed by atoms with E-state index in [9.17, 15) is 9.59 Å². The number of hydrogen-bond donors (Lipinski definition) is 2. The van der Waals surface area contributed by atoms with Gasteiger partial charge in [-0.05, 0) is 42.2 Å². The third-order valence-corrected chi connectivity index (χ3v) is 4.14. The van der Waals surface area contributed by atoms with Crippen molar-refractivity contribution >= 4 is 23.3 Å². The molecule has 5 nitrogen and oxygen atoms in total. The Hall–Kier alpha value is -1.56. The number of carbonyl (C=O) groups excluding carboxylic acids is 1. The highest BCUT2D eigenvalue weighted by Gasteiger charge is 2.28. The summed E-state index contributed by atoms with van der Waals surface area (Å²) in [6.07, 6.45) is 1.40. The van der Waals surface area contributed by atoms with Crippen LogP contribution in [-0.4, -0.2) is 35.1 Å². The predicted molar refractivity (Wildman–Crippen MR) is 73.2 cm³/mol. The molecule has 2 amide bonds. The molecule has 1 aliphatic rings. The first-order chi connectivity index (χ1) is 9.08. The van der Waals surface area contributed by atoms with Crippen LogP contribution in [0.5, 0.6) is 0 Å². The summed E-state index contributed by atoms with van der Waals surface area (Å²) in [5.74, 6) is -1.25. The molecule has 0 aliphatic carbocycles. The average molecular weight is 282 g/mol. The lowest BCUT2D eigenvalue weighted by Crippen LogP contribution is -2.47. The van der Waals surface area contributed by atoms with Crippen LogP contribution in [0.4, 0.5) is 4.79 Å². The maximum absolute atomic E-state index is 12.1. The van der Waals surface area contributed by atoms with Gasteiger partial charge in [-0.2, -0.15) is 11.3 Å². The van der Waals surface area contributed by atoms with Gasteiger partial charge in [0.2, 0.25) is 0 Å². The Bertz CT molecular complexity index is 447. The van der Waals surface area contributed by atoms with Crippen LogP contribution in [0.1, 0.15) is 31.4 Å². The molecule has 0 bridgehead atoms. The predicted octanol–water partition coefficient (Wildman–Crippen LogP) is 2.32. The molecule has 2 N–H and O–H groups in total. The zero-order chi connectivity index (χ0) is 13.8. The maximum atomic E-state index is 12.1. The molecule has 0 saturated carbocycles. The second-order valence-corrected chi connectivity index (χ2v) is 5.63. The Balaban J connectivity index is 1.91. The molecule has 6 heteroatoms. The summed E-state index contributed by atoms with van der Waals surface area (Å²) in [6.45, 7) is 2.86. The minimum absolute atomic E-state index is 0.0519. The van der Waals surface area contributed by atoms with Crippen LogP contribution in [-0.2, 0) is 4.79 Å². The number of nitrogens with zero attached hydrogens (tertiary/aromatic N) is 1. The number of nitrogens with one attached hydrogen (secondary N) is 1. The van der Waals surface area contributed by atoms with Gasteiger partial charge in [0, 0.05) is 13.1 Å². The first-order valence-corrected chi connectivity index (χ1v) is 7.32. The fourth-order valence-corrected chi connectivity index (χ4v) is 3.00. The van der Waals surface area contributed by atoms with E-state index in [0.717, 1.165) is 12.0 Å². The summed E-state index contributed by atoms with van der Waals surface area (Å²) in [6, 6.07) is 1.75. The molecular weight excluding hydrogens is 264 g/mol. The van der Waals surface area contributed by atoms with Crippen LogP contribution >= 0.6 is 11.3 Å². The van der Waals surface area contributed by atoms with E-state index >= 15 is 0 Å². The van der Waals surface area contributed by atoms with Gasteiger partial charge in [-0.1, -0.05) is 0 Å². The zero-order valence-corrected chi connectivity index (χ0v) is 11.7. The van der Waals surface area contributed by atoms with E-state index < -0.39 is 11.9 Å². The Morgan fingerprint density at radius 3 is 3.00 bits per heavy atom. The number of rotatable bonds is 3. The molecular formula is C13H18N2O3S. The van der Waals surface area contributed by atoms with Crippen molar-refractivity contribution in [3.63, 3.8) is 0 Å². The van der Waals surface area contributed by atoms with Gasteiger partial charge < -0.3 is 15.3 Å². The number of carboxylic acid groups (broad SMARTS) is 1. The molecule has 1 unspecified atom stereocenters. The first-order valence-electron chi connectivity index (χ1n) is 6.38. The zero-order valence-electron chi connectivity index (χ0n) is 10.8. The van der Waals surface area contributed by atoms with Gasteiger partial charge >= 0.3 is 12.0 Å². The lowest BCUT2D eigenvalue weighted by atomic mass is 9.99. The second kappa shape index (κ2) is 6.06. The van der Waals surface area contributed by atoms with Crippen molar-refractivity contribution < 1.29 is 14.7 Å². The summed E-state index contributed by atoms with van der Waals surface area (Å²) in [7, 11) is 0. The van der Waals surface area contributed by atoms with Crippen molar-refractivity contribution in [2.75, 3.05) is 13.1 Å². The Morgan fingerprint density at radius 1 is 1.58 bits per heavy atom. The summed E-state index contributed by atoms with van der Waals surface area (Å²) in [4.78, 5) is 24.7. The number of carbonyl (C=O) groups is 2. The highest BCUT2D eigenvalue weighted by molar-refractivity contribution is 7.07. The Kier molecular flexibility index (Phi) is 4.42. The molecule has 1 fully saturated rings. The highest BCUT2D eigenvalue weighted by atomic mass is 32.1. The fourth-order valence-electron chi connectivity index (χ4n) is 2.24. The Labute approximate surface area is 116 Å². The minimum Gasteiger partial charge on any atom is -0.481 e. The number of urea groups is 1. The second-order valence-electron chi connectivity index (χ2n) is 4.85. The maximum Gasteiger partial charge on any atom is 0.317 e.